The predicted molar refractivity (Wildman–Crippen MR) is 325 cm³/mol. The highest BCUT2D eigenvalue weighted by Crippen LogP contribution is 2.18. The van der Waals surface area contributed by atoms with Crippen molar-refractivity contribution in [2.45, 2.75) is 341 Å². The van der Waals surface area contributed by atoms with E-state index in [9.17, 15) is 14.7 Å². The zero-order chi connectivity index (χ0) is 53.4. The van der Waals surface area contributed by atoms with E-state index in [4.69, 9.17) is 9.47 Å². The highest BCUT2D eigenvalue weighted by Gasteiger charge is 2.16. The number of unbranched alkanes of at least 4 members (excludes halogenated alkanes) is 40. The van der Waals surface area contributed by atoms with Crippen LogP contribution < -0.4 is 0 Å². The Bertz CT molecular complexity index is 1310. The second-order valence-corrected chi connectivity index (χ2v) is 21.8. The number of aliphatic hydroxyl groups is 1. The summed E-state index contributed by atoms with van der Waals surface area (Å²) in [6, 6.07) is 0. The molecule has 74 heavy (non-hydrogen) atoms. The Balaban J connectivity index is 3.44. The van der Waals surface area contributed by atoms with Crippen molar-refractivity contribution in [3.05, 3.63) is 72.9 Å². The molecule has 0 saturated heterocycles. The van der Waals surface area contributed by atoms with Crippen molar-refractivity contribution in [2.75, 3.05) is 13.2 Å². The molecule has 0 aliphatic heterocycles. The lowest BCUT2D eigenvalue weighted by Crippen LogP contribution is -2.28. The van der Waals surface area contributed by atoms with Crippen LogP contribution in [0.25, 0.3) is 0 Å². The van der Waals surface area contributed by atoms with Crippen molar-refractivity contribution < 1.29 is 24.2 Å². The fraction of sp³-hybridized carbons (Fsp3) is 0.797. The Hall–Kier alpha value is -2.66. The number of esters is 2. The molecule has 0 aliphatic carbocycles. The fourth-order valence-corrected chi connectivity index (χ4v) is 9.64. The average Bonchev–Trinajstić information content (AvgIpc) is 3.40. The van der Waals surface area contributed by atoms with Gasteiger partial charge in [0, 0.05) is 12.8 Å². The van der Waals surface area contributed by atoms with E-state index in [0.29, 0.717) is 12.8 Å². The second kappa shape index (κ2) is 64.6. The molecule has 0 bridgehead atoms. The van der Waals surface area contributed by atoms with Gasteiger partial charge in [0.15, 0.2) is 6.10 Å². The predicted octanol–water partition coefficient (Wildman–Crippen LogP) is 22.3. The van der Waals surface area contributed by atoms with Crippen LogP contribution in [0.1, 0.15) is 335 Å². The van der Waals surface area contributed by atoms with Crippen LogP contribution in [-0.4, -0.2) is 36.4 Å². The molecule has 0 aromatic rings. The number of aliphatic hydroxyl groups excluding tert-OH is 1. The van der Waals surface area contributed by atoms with Gasteiger partial charge < -0.3 is 14.6 Å². The van der Waals surface area contributed by atoms with E-state index in [2.05, 4.69) is 86.8 Å². The average molecular weight is 1030 g/mol. The molecule has 0 rings (SSSR count). The quantitative estimate of drug-likeness (QED) is 0.0373. The third-order valence-electron chi connectivity index (χ3n) is 14.5. The minimum Gasteiger partial charge on any atom is -0.462 e. The largest absolute Gasteiger partial charge is 0.462 e. The second-order valence-electron chi connectivity index (χ2n) is 21.8. The van der Waals surface area contributed by atoms with Crippen molar-refractivity contribution in [1.29, 1.82) is 0 Å². The van der Waals surface area contributed by atoms with Crippen LogP contribution in [-0.2, 0) is 19.1 Å². The van der Waals surface area contributed by atoms with Crippen molar-refractivity contribution in [2.24, 2.45) is 0 Å². The molecule has 1 unspecified atom stereocenters. The topological polar surface area (TPSA) is 72.8 Å². The summed E-state index contributed by atoms with van der Waals surface area (Å²) in [5, 5.41) is 9.69. The van der Waals surface area contributed by atoms with Gasteiger partial charge in [-0.3, -0.25) is 9.59 Å². The maximum atomic E-state index is 12.3. The van der Waals surface area contributed by atoms with Crippen molar-refractivity contribution in [1.82, 2.24) is 0 Å². The summed E-state index contributed by atoms with van der Waals surface area (Å²) >= 11 is 0. The Morgan fingerprint density at radius 3 is 0.892 bits per heavy atom. The summed E-state index contributed by atoms with van der Waals surface area (Å²) in [6.07, 6.45) is 89.1. The number of carbonyl (C=O) groups is 2. The highest BCUT2D eigenvalue weighted by atomic mass is 16.6. The van der Waals surface area contributed by atoms with Gasteiger partial charge in [-0.1, -0.05) is 311 Å². The number of rotatable bonds is 60. The molecule has 0 aromatic carbocycles. The standard InChI is InChI=1S/C69H124O5/c1-3-5-7-9-11-13-15-17-19-21-23-25-27-29-31-33-34-36-38-40-42-44-46-48-50-52-54-56-58-60-62-64-69(72)74-67(65-70)66-73-68(71)63-61-59-57-55-53-51-49-47-45-43-41-39-37-35-32-30-28-26-24-22-20-18-16-14-12-10-8-6-4-2/h5,7,11,13,17,19,22-25,29,31,67,70H,3-4,6,8-10,12,14-16,18,20-21,26-28,30,32-66H2,1-2H3/b7-5-,13-11-,19-17-,24-22-,25-23-,31-29-. The van der Waals surface area contributed by atoms with Gasteiger partial charge in [0.05, 0.1) is 6.61 Å². The third-order valence-corrected chi connectivity index (χ3v) is 14.5. The molecule has 0 aliphatic rings. The number of ether oxygens (including phenoxy) is 2. The summed E-state index contributed by atoms with van der Waals surface area (Å²) in [6.45, 7) is 4.07. The molecule has 0 spiro atoms. The van der Waals surface area contributed by atoms with Crippen LogP contribution in [0.4, 0.5) is 0 Å². The van der Waals surface area contributed by atoms with Gasteiger partial charge in [-0.15, -0.1) is 0 Å². The SMILES string of the molecule is CC/C=C\C/C=C\C/C=C\C/C=C\C/C=C\CCCCCCCCCCCCCCCCCC(=O)OC(CO)COC(=O)CCCCCCCCCCCCCCCCCCC/C=C\CCCCCCCCCC. The summed E-state index contributed by atoms with van der Waals surface area (Å²) in [7, 11) is 0. The van der Waals surface area contributed by atoms with Crippen LogP contribution >= 0.6 is 0 Å². The maximum absolute atomic E-state index is 12.3. The van der Waals surface area contributed by atoms with E-state index in [0.717, 1.165) is 70.6 Å². The zero-order valence-electron chi connectivity index (χ0n) is 49.4. The van der Waals surface area contributed by atoms with Crippen LogP contribution in [0.2, 0.25) is 0 Å². The van der Waals surface area contributed by atoms with Crippen molar-refractivity contribution >= 4 is 11.9 Å². The smallest absolute Gasteiger partial charge is 0.306 e. The molecule has 0 saturated carbocycles. The molecule has 1 N–H and O–H groups in total. The van der Waals surface area contributed by atoms with E-state index in [1.165, 1.54) is 238 Å². The minimum absolute atomic E-state index is 0.0637. The molecule has 0 radical (unpaired) electrons. The monoisotopic (exact) mass is 1030 g/mol. The van der Waals surface area contributed by atoms with Gasteiger partial charge in [0.1, 0.15) is 6.61 Å². The van der Waals surface area contributed by atoms with E-state index >= 15 is 0 Å². The van der Waals surface area contributed by atoms with Gasteiger partial charge in [-0.05, 0) is 83.5 Å². The molecule has 5 heteroatoms. The third kappa shape index (κ3) is 61.9. The van der Waals surface area contributed by atoms with Crippen molar-refractivity contribution in [3.63, 3.8) is 0 Å². The maximum Gasteiger partial charge on any atom is 0.306 e. The van der Waals surface area contributed by atoms with Crippen LogP contribution in [0.15, 0.2) is 72.9 Å². The normalized spacial score (nSPS) is 12.6. The van der Waals surface area contributed by atoms with E-state index in [-0.39, 0.29) is 25.2 Å². The lowest BCUT2D eigenvalue weighted by molar-refractivity contribution is -0.161. The Morgan fingerprint density at radius 2 is 0.581 bits per heavy atom. The summed E-state index contributed by atoms with van der Waals surface area (Å²) in [5.41, 5.74) is 0. The lowest BCUT2D eigenvalue weighted by atomic mass is 10.0. The number of carbonyl (C=O) groups excluding carboxylic acids is 2. The minimum atomic E-state index is -0.774. The first-order chi connectivity index (χ1) is 36.6. The van der Waals surface area contributed by atoms with Gasteiger partial charge in [0.2, 0.25) is 0 Å². The van der Waals surface area contributed by atoms with Crippen LogP contribution in [0.3, 0.4) is 0 Å². The number of allylic oxidation sites excluding steroid dienone is 12. The Kier molecular flexibility index (Phi) is 62.3. The van der Waals surface area contributed by atoms with Crippen molar-refractivity contribution in [3.8, 4) is 0 Å². The molecular formula is C69H124O5. The molecule has 0 aromatic heterocycles. The molecule has 5 nitrogen and oxygen atoms in total. The van der Waals surface area contributed by atoms with Gasteiger partial charge >= 0.3 is 11.9 Å². The molecule has 0 amide bonds. The highest BCUT2D eigenvalue weighted by molar-refractivity contribution is 5.70. The zero-order valence-corrected chi connectivity index (χ0v) is 49.4. The van der Waals surface area contributed by atoms with Crippen LogP contribution in [0, 0.1) is 0 Å². The summed E-state index contributed by atoms with van der Waals surface area (Å²) in [5.74, 6) is -0.576. The molecule has 430 valence electrons. The number of hydrogen-bond donors (Lipinski definition) is 1. The first kappa shape index (κ1) is 71.3. The summed E-state index contributed by atoms with van der Waals surface area (Å²) in [4.78, 5) is 24.6. The number of hydrogen-bond acceptors (Lipinski definition) is 5. The van der Waals surface area contributed by atoms with E-state index in [1.54, 1.807) is 0 Å². The van der Waals surface area contributed by atoms with E-state index in [1.807, 2.05) is 0 Å². The molecule has 0 heterocycles. The Labute approximate surface area is 461 Å². The van der Waals surface area contributed by atoms with Gasteiger partial charge in [-0.25, -0.2) is 0 Å². The first-order valence-electron chi connectivity index (χ1n) is 32.5. The molecular weight excluding hydrogens is 909 g/mol. The molecule has 1 atom stereocenters. The summed E-state index contributed by atoms with van der Waals surface area (Å²) < 4.78 is 10.8. The fourth-order valence-electron chi connectivity index (χ4n) is 9.64. The molecule has 0 fully saturated rings. The first-order valence-corrected chi connectivity index (χ1v) is 32.5. The lowest BCUT2D eigenvalue weighted by Gasteiger charge is -2.15. The Morgan fingerprint density at radius 1 is 0.324 bits per heavy atom. The van der Waals surface area contributed by atoms with Gasteiger partial charge in [-0.2, -0.15) is 0 Å². The van der Waals surface area contributed by atoms with E-state index < -0.39 is 6.10 Å². The van der Waals surface area contributed by atoms with Crippen LogP contribution in [0.5, 0.6) is 0 Å². The van der Waals surface area contributed by atoms with Gasteiger partial charge in [0.25, 0.3) is 0 Å².